The zero-order valence-corrected chi connectivity index (χ0v) is 10.4. The van der Waals surface area contributed by atoms with E-state index >= 15 is 0 Å². The van der Waals surface area contributed by atoms with Crippen molar-refractivity contribution in [2.45, 2.75) is 32.0 Å². The Balaban J connectivity index is 2.22. The van der Waals surface area contributed by atoms with Crippen LogP contribution in [0.4, 0.5) is 8.78 Å². The second-order valence-electron chi connectivity index (χ2n) is 4.75. The van der Waals surface area contributed by atoms with Crippen LogP contribution in [-0.4, -0.2) is 21.7 Å². The van der Waals surface area contributed by atoms with Crippen molar-refractivity contribution in [3.63, 3.8) is 0 Å². The Labute approximate surface area is 112 Å². The molecule has 0 atom stereocenters. The molecule has 0 radical (unpaired) electrons. The highest BCUT2D eigenvalue weighted by molar-refractivity contribution is 5.82. The monoisotopic (exact) mass is 282 g/mol. The first-order chi connectivity index (χ1) is 9.58. The minimum absolute atomic E-state index is 0.0973. The molecule has 1 aliphatic carbocycles. The van der Waals surface area contributed by atoms with Gasteiger partial charge in [0.1, 0.15) is 11.2 Å². The second-order valence-corrected chi connectivity index (χ2v) is 4.75. The van der Waals surface area contributed by atoms with Gasteiger partial charge in [-0.3, -0.25) is 4.79 Å². The Morgan fingerprint density at radius 2 is 2.20 bits per heavy atom. The van der Waals surface area contributed by atoms with E-state index in [1.54, 1.807) is 0 Å². The smallest absolute Gasteiger partial charge is 0.387 e. The van der Waals surface area contributed by atoms with Crippen LogP contribution in [0, 0.1) is 0 Å². The molecular formula is C13H12F2N2O3. The number of aliphatic hydroxyl groups is 1. The fourth-order valence-corrected chi connectivity index (χ4v) is 2.14. The highest BCUT2D eigenvalue weighted by Crippen LogP contribution is 2.38. The van der Waals surface area contributed by atoms with E-state index in [4.69, 9.17) is 5.11 Å². The largest absolute Gasteiger partial charge is 0.432 e. The molecule has 1 aliphatic rings. The molecule has 3 rings (SSSR count). The third-order valence-electron chi connectivity index (χ3n) is 3.21. The summed E-state index contributed by atoms with van der Waals surface area (Å²) in [6.45, 7) is -3.34. The summed E-state index contributed by atoms with van der Waals surface area (Å²) in [5.41, 5.74) is 0.863. The standard InChI is InChI=1S/C13H12F2N2O3/c14-13(15)20-9-4-6(5-18)3-8-11(9)17-10(7-1-2-7)12(19)16-8/h3-4,7,13,18H,1-2,5H2,(H,16,19). The van der Waals surface area contributed by atoms with Crippen LogP contribution < -0.4 is 10.3 Å². The summed E-state index contributed by atoms with van der Waals surface area (Å²) in [5.74, 6) is -0.0419. The Morgan fingerprint density at radius 1 is 1.45 bits per heavy atom. The maximum absolute atomic E-state index is 12.5. The van der Waals surface area contributed by atoms with Crippen molar-refractivity contribution in [1.82, 2.24) is 9.97 Å². The molecule has 1 aromatic carbocycles. The van der Waals surface area contributed by atoms with Gasteiger partial charge in [0.25, 0.3) is 5.56 Å². The molecule has 2 aromatic rings. The van der Waals surface area contributed by atoms with Gasteiger partial charge in [0.15, 0.2) is 5.75 Å². The van der Waals surface area contributed by atoms with Gasteiger partial charge in [0.2, 0.25) is 0 Å². The van der Waals surface area contributed by atoms with Crippen molar-refractivity contribution < 1.29 is 18.6 Å². The van der Waals surface area contributed by atoms with Crippen LogP contribution in [-0.2, 0) is 6.61 Å². The third kappa shape index (κ3) is 2.36. The number of halogens is 2. The minimum atomic E-state index is -3.00. The highest BCUT2D eigenvalue weighted by atomic mass is 19.3. The molecule has 1 fully saturated rings. The summed E-state index contributed by atoms with van der Waals surface area (Å²) in [5, 5.41) is 9.12. The second kappa shape index (κ2) is 4.82. The number of benzene rings is 1. The lowest BCUT2D eigenvalue weighted by Crippen LogP contribution is -2.15. The lowest BCUT2D eigenvalue weighted by molar-refractivity contribution is -0.0490. The molecule has 106 valence electrons. The first-order valence-electron chi connectivity index (χ1n) is 6.21. The van der Waals surface area contributed by atoms with E-state index in [9.17, 15) is 13.6 Å². The molecule has 1 saturated carbocycles. The van der Waals surface area contributed by atoms with E-state index < -0.39 is 6.61 Å². The average molecular weight is 282 g/mol. The molecule has 20 heavy (non-hydrogen) atoms. The summed E-state index contributed by atoms with van der Waals surface area (Å²) in [6, 6.07) is 2.80. The molecule has 1 aromatic heterocycles. The predicted molar refractivity (Wildman–Crippen MR) is 66.9 cm³/mol. The summed E-state index contributed by atoms with van der Waals surface area (Å²) in [4.78, 5) is 18.7. The number of alkyl halides is 2. The van der Waals surface area contributed by atoms with E-state index in [2.05, 4.69) is 14.7 Å². The molecule has 0 spiro atoms. The third-order valence-corrected chi connectivity index (χ3v) is 3.21. The SMILES string of the molecule is O=c1[nH]c2cc(CO)cc(OC(F)F)c2nc1C1CC1. The zero-order valence-electron chi connectivity index (χ0n) is 10.4. The highest BCUT2D eigenvalue weighted by Gasteiger charge is 2.28. The predicted octanol–water partition coefficient (Wildman–Crippen LogP) is 1.89. The Hall–Kier alpha value is -2.02. The van der Waals surface area contributed by atoms with E-state index in [1.165, 1.54) is 12.1 Å². The van der Waals surface area contributed by atoms with Crippen molar-refractivity contribution in [1.29, 1.82) is 0 Å². The summed E-state index contributed by atoms with van der Waals surface area (Å²) in [6.07, 6.45) is 1.75. The molecule has 0 saturated heterocycles. The topological polar surface area (TPSA) is 75.2 Å². The lowest BCUT2D eigenvalue weighted by Gasteiger charge is -2.10. The lowest BCUT2D eigenvalue weighted by atomic mass is 10.1. The van der Waals surface area contributed by atoms with Gasteiger partial charge in [-0.1, -0.05) is 0 Å². The Bertz CT molecular complexity index is 711. The number of aliphatic hydroxyl groups excluding tert-OH is 1. The Morgan fingerprint density at radius 3 is 2.80 bits per heavy atom. The van der Waals surface area contributed by atoms with Crippen molar-refractivity contribution >= 4 is 11.0 Å². The van der Waals surface area contributed by atoms with Gasteiger partial charge in [-0.15, -0.1) is 0 Å². The number of nitrogens with zero attached hydrogens (tertiary/aromatic N) is 1. The zero-order chi connectivity index (χ0) is 14.3. The molecule has 2 N–H and O–H groups in total. The maximum Gasteiger partial charge on any atom is 0.387 e. The first kappa shape index (κ1) is 13.0. The van der Waals surface area contributed by atoms with Crippen LogP contribution in [0.15, 0.2) is 16.9 Å². The number of nitrogens with one attached hydrogen (secondary N) is 1. The molecule has 0 bridgehead atoms. The number of rotatable bonds is 4. The van der Waals surface area contributed by atoms with Gasteiger partial charge in [-0.2, -0.15) is 8.78 Å². The van der Waals surface area contributed by atoms with Crippen LogP contribution in [0.2, 0.25) is 0 Å². The van der Waals surface area contributed by atoms with E-state index in [1.807, 2.05) is 0 Å². The number of aromatic amines is 1. The van der Waals surface area contributed by atoms with Gasteiger partial charge in [-0.05, 0) is 30.5 Å². The van der Waals surface area contributed by atoms with Gasteiger partial charge in [-0.25, -0.2) is 4.98 Å². The summed E-state index contributed by atoms with van der Waals surface area (Å²) < 4.78 is 29.3. The molecule has 0 aliphatic heterocycles. The van der Waals surface area contributed by atoms with Crippen LogP contribution in [0.1, 0.15) is 30.0 Å². The fourth-order valence-electron chi connectivity index (χ4n) is 2.14. The number of H-pyrrole nitrogens is 1. The molecule has 1 heterocycles. The van der Waals surface area contributed by atoms with Crippen molar-refractivity contribution in [2.75, 3.05) is 0 Å². The molecule has 7 heteroatoms. The van der Waals surface area contributed by atoms with Crippen molar-refractivity contribution in [2.24, 2.45) is 0 Å². The summed E-state index contributed by atoms with van der Waals surface area (Å²) in [7, 11) is 0. The van der Waals surface area contributed by atoms with Gasteiger partial charge >= 0.3 is 6.61 Å². The quantitative estimate of drug-likeness (QED) is 0.898. The molecular weight excluding hydrogens is 270 g/mol. The normalized spacial score (nSPS) is 15.0. The van der Waals surface area contributed by atoms with Gasteiger partial charge in [0, 0.05) is 5.92 Å². The number of aromatic nitrogens is 2. The Kier molecular flexibility index (Phi) is 3.13. The van der Waals surface area contributed by atoms with Crippen molar-refractivity contribution in [3.8, 4) is 5.75 Å². The number of hydrogen-bond acceptors (Lipinski definition) is 4. The van der Waals surface area contributed by atoms with E-state index in [0.29, 0.717) is 11.3 Å². The first-order valence-corrected chi connectivity index (χ1v) is 6.21. The van der Waals surface area contributed by atoms with Crippen LogP contribution in [0.3, 0.4) is 0 Å². The number of ether oxygens (including phenoxy) is 1. The van der Waals surface area contributed by atoms with Crippen molar-refractivity contribution in [3.05, 3.63) is 33.7 Å². The van der Waals surface area contributed by atoms with Crippen LogP contribution in [0.5, 0.6) is 5.75 Å². The van der Waals surface area contributed by atoms with Gasteiger partial charge < -0.3 is 14.8 Å². The maximum atomic E-state index is 12.5. The molecule has 5 nitrogen and oxygen atoms in total. The number of hydrogen-bond donors (Lipinski definition) is 2. The van der Waals surface area contributed by atoms with E-state index in [0.717, 1.165) is 12.8 Å². The fraction of sp³-hybridized carbons (Fsp3) is 0.385. The molecule has 0 unspecified atom stereocenters. The van der Waals surface area contributed by atoms with Gasteiger partial charge in [0.05, 0.1) is 12.1 Å². The molecule has 0 amide bonds. The van der Waals surface area contributed by atoms with Crippen LogP contribution >= 0.6 is 0 Å². The number of fused-ring (bicyclic) bond motifs is 1. The minimum Gasteiger partial charge on any atom is -0.432 e. The van der Waals surface area contributed by atoms with Crippen LogP contribution in [0.25, 0.3) is 11.0 Å². The summed E-state index contributed by atoms with van der Waals surface area (Å²) >= 11 is 0. The average Bonchev–Trinajstić information content (AvgIpc) is 3.21. The van der Waals surface area contributed by atoms with E-state index in [-0.39, 0.29) is 34.9 Å².